The summed E-state index contributed by atoms with van der Waals surface area (Å²) in [5.41, 5.74) is 1.29. The highest BCUT2D eigenvalue weighted by atomic mass is 16.5. The van der Waals surface area contributed by atoms with Gasteiger partial charge in [0.1, 0.15) is 6.61 Å². The molecule has 6 nitrogen and oxygen atoms in total. The summed E-state index contributed by atoms with van der Waals surface area (Å²) in [6.45, 7) is 4.01. The monoisotopic (exact) mass is 297 g/mol. The zero-order valence-corrected chi connectivity index (χ0v) is 12.8. The van der Waals surface area contributed by atoms with E-state index in [0.29, 0.717) is 43.6 Å². The van der Waals surface area contributed by atoms with E-state index in [9.17, 15) is 0 Å². The molecule has 21 heavy (non-hydrogen) atoms. The Morgan fingerprint density at radius 3 is 2.57 bits per heavy atom. The van der Waals surface area contributed by atoms with Gasteiger partial charge in [0.15, 0.2) is 11.5 Å². The molecular weight excluding hydrogens is 274 g/mol. The van der Waals surface area contributed by atoms with Crippen molar-refractivity contribution < 1.29 is 24.2 Å². The highest BCUT2D eigenvalue weighted by molar-refractivity contribution is 5.98. The Labute approximate surface area is 125 Å². The Balaban J connectivity index is 2.44. The van der Waals surface area contributed by atoms with Crippen molar-refractivity contribution in [3.63, 3.8) is 0 Å². The molecule has 0 heterocycles. The van der Waals surface area contributed by atoms with Crippen LogP contribution in [0.3, 0.4) is 0 Å². The zero-order valence-electron chi connectivity index (χ0n) is 12.8. The fraction of sp³-hybridized carbons (Fsp3) is 0.533. The lowest BCUT2D eigenvalue weighted by molar-refractivity contribution is 0.0799. The van der Waals surface area contributed by atoms with Crippen molar-refractivity contribution in [2.24, 2.45) is 5.16 Å². The second kappa shape index (κ2) is 10.0. The number of ether oxygens (including phenoxy) is 4. The van der Waals surface area contributed by atoms with Crippen LogP contribution >= 0.6 is 0 Å². The number of hydrogen-bond acceptors (Lipinski definition) is 6. The predicted molar refractivity (Wildman–Crippen MR) is 79.8 cm³/mol. The van der Waals surface area contributed by atoms with Gasteiger partial charge in [0, 0.05) is 25.9 Å². The van der Waals surface area contributed by atoms with Gasteiger partial charge in [0.05, 0.1) is 19.4 Å². The quantitative estimate of drug-likeness (QED) is 0.311. The van der Waals surface area contributed by atoms with Gasteiger partial charge in [-0.2, -0.15) is 0 Å². The predicted octanol–water partition coefficient (Wildman–Crippen LogP) is 2.33. The minimum atomic E-state index is 0.440. The van der Waals surface area contributed by atoms with Crippen molar-refractivity contribution in [1.29, 1.82) is 0 Å². The maximum absolute atomic E-state index is 8.77. The standard InChI is InChI=1S/C15H23NO5/c1-12(16-17)13-5-6-14(15(11-13)19-3)21-10-9-20-8-4-7-18-2/h5-6,11,17H,4,7-10H2,1-3H3/b16-12+. The molecule has 0 bridgehead atoms. The molecule has 118 valence electrons. The molecule has 6 heteroatoms. The molecule has 0 aliphatic rings. The summed E-state index contributed by atoms with van der Waals surface area (Å²) in [4.78, 5) is 0. The molecule has 0 amide bonds. The minimum Gasteiger partial charge on any atom is -0.493 e. The van der Waals surface area contributed by atoms with Gasteiger partial charge in [-0.15, -0.1) is 0 Å². The van der Waals surface area contributed by atoms with Gasteiger partial charge in [0.25, 0.3) is 0 Å². The Kier molecular flexibility index (Phi) is 8.23. The van der Waals surface area contributed by atoms with Gasteiger partial charge in [-0.25, -0.2) is 0 Å². The molecule has 0 atom stereocenters. The second-order valence-electron chi connectivity index (χ2n) is 4.36. The van der Waals surface area contributed by atoms with Crippen LogP contribution < -0.4 is 9.47 Å². The minimum absolute atomic E-state index is 0.440. The van der Waals surface area contributed by atoms with Crippen molar-refractivity contribution in [1.82, 2.24) is 0 Å². The number of nitrogens with zero attached hydrogens (tertiary/aromatic N) is 1. The van der Waals surface area contributed by atoms with Gasteiger partial charge >= 0.3 is 0 Å². The molecule has 0 saturated carbocycles. The van der Waals surface area contributed by atoms with Crippen LogP contribution in [0, 0.1) is 0 Å². The van der Waals surface area contributed by atoms with E-state index in [2.05, 4.69) is 5.16 Å². The first kappa shape index (κ1) is 17.3. The molecule has 1 N–H and O–H groups in total. The normalized spacial score (nSPS) is 11.5. The Morgan fingerprint density at radius 1 is 1.10 bits per heavy atom. The lowest BCUT2D eigenvalue weighted by atomic mass is 10.1. The highest BCUT2D eigenvalue weighted by Gasteiger charge is 2.07. The molecule has 0 aliphatic heterocycles. The summed E-state index contributed by atoms with van der Waals surface area (Å²) >= 11 is 0. The third kappa shape index (κ3) is 6.01. The second-order valence-corrected chi connectivity index (χ2v) is 4.36. The first-order valence-electron chi connectivity index (χ1n) is 6.79. The number of hydrogen-bond donors (Lipinski definition) is 1. The van der Waals surface area contributed by atoms with Crippen LogP contribution in [0.2, 0.25) is 0 Å². The number of methoxy groups -OCH3 is 2. The van der Waals surface area contributed by atoms with Gasteiger partial charge in [0.2, 0.25) is 0 Å². The molecule has 0 fully saturated rings. The van der Waals surface area contributed by atoms with Crippen LogP contribution in [0.15, 0.2) is 23.4 Å². The molecule has 1 rings (SSSR count). The third-order valence-corrected chi connectivity index (χ3v) is 2.85. The van der Waals surface area contributed by atoms with E-state index in [1.807, 2.05) is 6.07 Å². The molecule has 0 saturated heterocycles. The van der Waals surface area contributed by atoms with E-state index in [1.54, 1.807) is 33.3 Å². The van der Waals surface area contributed by atoms with Gasteiger partial charge in [-0.05, 0) is 31.5 Å². The SMILES string of the molecule is COCCCOCCOc1ccc(/C(C)=N/O)cc1OC. The first-order valence-corrected chi connectivity index (χ1v) is 6.79. The van der Waals surface area contributed by atoms with E-state index in [-0.39, 0.29) is 0 Å². The Bertz CT molecular complexity index is 448. The smallest absolute Gasteiger partial charge is 0.161 e. The van der Waals surface area contributed by atoms with Crippen molar-refractivity contribution in [2.45, 2.75) is 13.3 Å². The summed E-state index contributed by atoms with van der Waals surface area (Å²) in [5.74, 6) is 1.22. The van der Waals surface area contributed by atoms with Crippen molar-refractivity contribution in [2.75, 3.05) is 40.6 Å². The van der Waals surface area contributed by atoms with E-state index in [4.69, 9.17) is 24.2 Å². The summed E-state index contributed by atoms with van der Waals surface area (Å²) in [6.07, 6.45) is 0.869. The molecule has 1 aromatic rings. The molecular formula is C15H23NO5. The molecule has 0 aromatic heterocycles. The fourth-order valence-corrected chi connectivity index (χ4v) is 1.69. The third-order valence-electron chi connectivity index (χ3n) is 2.85. The van der Waals surface area contributed by atoms with E-state index >= 15 is 0 Å². The summed E-state index contributed by atoms with van der Waals surface area (Å²) in [7, 11) is 3.24. The average Bonchev–Trinajstić information content (AvgIpc) is 2.53. The van der Waals surface area contributed by atoms with Gasteiger partial charge in [-0.3, -0.25) is 0 Å². The van der Waals surface area contributed by atoms with E-state index in [0.717, 1.165) is 12.0 Å². The molecule has 0 unspecified atom stereocenters. The first-order chi connectivity index (χ1) is 10.2. The van der Waals surface area contributed by atoms with Gasteiger partial charge < -0.3 is 24.2 Å². The van der Waals surface area contributed by atoms with Crippen LogP contribution in [0.25, 0.3) is 0 Å². The van der Waals surface area contributed by atoms with E-state index < -0.39 is 0 Å². The molecule has 0 aliphatic carbocycles. The largest absolute Gasteiger partial charge is 0.493 e. The topological polar surface area (TPSA) is 69.5 Å². The lowest BCUT2D eigenvalue weighted by Gasteiger charge is -2.12. The fourth-order valence-electron chi connectivity index (χ4n) is 1.69. The van der Waals surface area contributed by atoms with Crippen LogP contribution in [-0.2, 0) is 9.47 Å². The van der Waals surface area contributed by atoms with Gasteiger partial charge in [-0.1, -0.05) is 5.16 Å². The summed E-state index contributed by atoms with van der Waals surface area (Å²) < 4.78 is 21.2. The average molecular weight is 297 g/mol. The highest BCUT2D eigenvalue weighted by Crippen LogP contribution is 2.28. The lowest BCUT2D eigenvalue weighted by Crippen LogP contribution is -2.09. The maximum atomic E-state index is 8.77. The maximum Gasteiger partial charge on any atom is 0.161 e. The number of oxime groups is 1. The Morgan fingerprint density at radius 2 is 1.90 bits per heavy atom. The van der Waals surface area contributed by atoms with Crippen molar-refractivity contribution >= 4 is 5.71 Å². The van der Waals surface area contributed by atoms with Crippen molar-refractivity contribution in [3.05, 3.63) is 23.8 Å². The van der Waals surface area contributed by atoms with Crippen LogP contribution in [0.1, 0.15) is 18.9 Å². The number of rotatable bonds is 10. The Hall–Kier alpha value is -1.79. The summed E-state index contributed by atoms with van der Waals surface area (Å²) in [6, 6.07) is 5.37. The summed E-state index contributed by atoms with van der Waals surface area (Å²) in [5, 5.41) is 11.9. The molecule has 1 aromatic carbocycles. The number of benzene rings is 1. The van der Waals surface area contributed by atoms with Crippen LogP contribution in [0.4, 0.5) is 0 Å². The molecule has 0 spiro atoms. The van der Waals surface area contributed by atoms with Crippen LogP contribution in [0.5, 0.6) is 11.5 Å². The zero-order chi connectivity index (χ0) is 15.5. The van der Waals surface area contributed by atoms with Crippen molar-refractivity contribution in [3.8, 4) is 11.5 Å². The molecule has 0 radical (unpaired) electrons. The van der Waals surface area contributed by atoms with E-state index in [1.165, 1.54) is 0 Å². The van der Waals surface area contributed by atoms with Crippen LogP contribution in [-0.4, -0.2) is 51.6 Å².